The van der Waals surface area contributed by atoms with Gasteiger partial charge in [-0.05, 0) is 24.1 Å². The quantitative estimate of drug-likeness (QED) is 0.880. The molecule has 0 spiro atoms. The number of hydrogen-bond acceptors (Lipinski definition) is 4. The van der Waals surface area contributed by atoms with E-state index in [1.165, 1.54) is 4.90 Å². The molecule has 2 aliphatic heterocycles. The first-order valence-corrected chi connectivity index (χ1v) is 6.06. The number of amides is 1. The van der Waals surface area contributed by atoms with Crippen LogP contribution in [0.2, 0.25) is 0 Å². The third-order valence-electron chi connectivity index (χ3n) is 3.40. The van der Waals surface area contributed by atoms with E-state index >= 15 is 0 Å². The number of aliphatic carboxylic acids is 1. The SMILES string of the molecule is O=C(O)C1CCC(=O)N1Cc1ccc2c(c1)OCO2. The molecule has 0 radical (unpaired) electrons. The molecule has 0 aromatic heterocycles. The maximum absolute atomic E-state index is 11.7. The lowest BCUT2D eigenvalue weighted by Crippen LogP contribution is -2.37. The number of carboxylic acids is 1. The van der Waals surface area contributed by atoms with Crippen LogP contribution in [-0.2, 0) is 16.1 Å². The molecule has 100 valence electrons. The molecule has 6 nitrogen and oxygen atoms in total. The Morgan fingerprint density at radius 1 is 1.37 bits per heavy atom. The van der Waals surface area contributed by atoms with Gasteiger partial charge in [0.05, 0.1) is 0 Å². The number of likely N-dealkylation sites (tertiary alicyclic amines) is 1. The molecular weight excluding hydrogens is 250 g/mol. The standard InChI is InChI=1S/C13H13NO5/c15-12-4-2-9(13(16)17)14(12)6-8-1-3-10-11(5-8)19-7-18-10/h1,3,5,9H,2,4,6-7H2,(H,16,17). The van der Waals surface area contributed by atoms with Crippen molar-refractivity contribution in [2.45, 2.75) is 25.4 Å². The van der Waals surface area contributed by atoms with Gasteiger partial charge >= 0.3 is 5.97 Å². The first-order chi connectivity index (χ1) is 9.15. The third-order valence-corrected chi connectivity index (χ3v) is 3.40. The van der Waals surface area contributed by atoms with Crippen molar-refractivity contribution in [2.75, 3.05) is 6.79 Å². The fourth-order valence-electron chi connectivity index (χ4n) is 2.42. The summed E-state index contributed by atoms with van der Waals surface area (Å²) in [6.07, 6.45) is 0.667. The summed E-state index contributed by atoms with van der Waals surface area (Å²) in [7, 11) is 0. The predicted molar refractivity (Wildman–Crippen MR) is 63.8 cm³/mol. The van der Waals surface area contributed by atoms with Gasteiger partial charge in [-0.15, -0.1) is 0 Å². The molecule has 1 atom stereocenters. The van der Waals surface area contributed by atoms with Gasteiger partial charge in [-0.25, -0.2) is 4.79 Å². The number of carboxylic acid groups (broad SMARTS) is 1. The molecular formula is C13H13NO5. The highest BCUT2D eigenvalue weighted by Crippen LogP contribution is 2.33. The maximum atomic E-state index is 11.7. The molecule has 2 aliphatic rings. The van der Waals surface area contributed by atoms with Crippen LogP contribution in [0.5, 0.6) is 11.5 Å². The molecule has 1 unspecified atom stereocenters. The van der Waals surface area contributed by atoms with Gasteiger partial charge in [-0.1, -0.05) is 6.07 Å². The number of hydrogen-bond donors (Lipinski definition) is 1. The zero-order chi connectivity index (χ0) is 13.4. The van der Waals surface area contributed by atoms with E-state index in [4.69, 9.17) is 14.6 Å². The Bertz CT molecular complexity index is 542. The highest BCUT2D eigenvalue weighted by molar-refractivity contribution is 5.87. The number of rotatable bonds is 3. The van der Waals surface area contributed by atoms with Crippen LogP contribution in [0.4, 0.5) is 0 Å². The van der Waals surface area contributed by atoms with Gasteiger partial charge in [0.2, 0.25) is 12.7 Å². The second-order valence-corrected chi connectivity index (χ2v) is 4.60. The van der Waals surface area contributed by atoms with Gasteiger partial charge in [0, 0.05) is 13.0 Å². The van der Waals surface area contributed by atoms with E-state index in [-0.39, 0.29) is 19.2 Å². The molecule has 1 aromatic rings. The summed E-state index contributed by atoms with van der Waals surface area (Å²) in [6, 6.07) is 4.65. The molecule has 2 heterocycles. The number of fused-ring (bicyclic) bond motifs is 1. The zero-order valence-electron chi connectivity index (χ0n) is 10.2. The summed E-state index contributed by atoms with van der Waals surface area (Å²) in [5, 5.41) is 9.10. The van der Waals surface area contributed by atoms with E-state index in [1.807, 2.05) is 6.07 Å². The largest absolute Gasteiger partial charge is 0.480 e. The molecule has 1 amide bonds. The van der Waals surface area contributed by atoms with Gasteiger partial charge in [0.25, 0.3) is 0 Å². The van der Waals surface area contributed by atoms with E-state index in [9.17, 15) is 9.59 Å². The van der Waals surface area contributed by atoms with Crippen molar-refractivity contribution in [3.63, 3.8) is 0 Å². The maximum Gasteiger partial charge on any atom is 0.326 e. The monoisotopic (exact) mass is 263 g/mol. The van der Waals surface area contributed by atoms with Gasteiger partial charge in [-0.2, -0.15) is 0 Å². The number of carbonyl (C=O) groups excluding carboxylic acids is 1. The summed E-state index contributed by atoms with van der Waals surface area (Å²) < 4.78 is 10.5. The highest BCUT2D eigenvalue weighted by atomic mass is 16.7. The van der Waals surface area contributed by atoms with Crippen molar-refractivity contribution >= 4 is 11.9 Å². The number of carbonyl (C=O) groups is 2. The Labute approximate surface area is 109 Å². The van der Waals surface area contributed by atoms with Gasteiger partial charge < -0.3 is 19.5 Å². The zero-order valence-corrected chi connectivity index (χ0v) is 10.2. The van der Waals surface area contributed by atoms with Crippen LogP contribution < -0.4 is 9.47 Å². The average Bonchev–Trinajstić information content (AvgIpc) is 2.97. The molecule has 6 heteroatoms. The fraction of sp³-hybridized carbons (Fsp3) is 0.385. The van der Waals surface area contributed by atoms with Crippen molar-refractivity contribution in [3.8, 4) is 11.5 Å². The lowest BCUT2D eigenvalue weighted by Gasteiger charge is -2.21. The Morgan fingerprint density at radius 2 is 2.16 bits per heavy atom. The van der Waals surface area contributed by atoms with Crippen LogP contribution in [-0.4, -0.2) is 34.7 Å². The van der Waals surface area contributed by atoms with Crippen molar-refractivity contribution in [1.29, 1.82) is 0 Å². The lowest BCUT2D eigenvalue weighted by molar-refractivity contribution is -0.146. The molecule has 19 heavy (non-hydrogen) atoms. The molecule has 1 aromatic carbocycles. The molecule has 0 bridgehead atoms. The van der Waals surface area contributed by atoms with Crippen LogP contribution in [0.25, 0.3) is 0 Å². The first-order valence-electron chi connectivity index (χ1n) is 6.06. The van der Waals surface area contributed by atoms with E-state index in [0.29, 0.717) is 24.3 Å². The number of nitrogens with zero attached hydrogens (tertiary/aromatic N) is 1. The Kier molecular flexibility index (Phi) is 2.77. The van der Waals surface area contributed by atoms with E-state index < -0.39 is 12.0 Å². The summed E-state index contributed by atoms with van der Waals surface area (Å²) in [4.78, 5) is 24.2. The van der Waals surface area contributed by atoms with E-state index in [1.54, 1.807) is 12.1 Å². The molecule has 0 saturated carbocycles. The molecule has 1 N–H and O–H groups in total. The molecule has 3 rings (SSSR count). The fourth-order valence-corrected chi connectivity index (χ4v) is 2.42. The lowest BCUT2D eigenvalue weighted by atomic mass is 10.1. The minimum Gasteiger partial charge on any atom is -0.480 e. The second kappa shape index (κ2) is 4.46. The van der Waals surface area contributed by atoms with Crippen LogP contribution >= 0.6 is 0 Å². The van der Waals surface area contributed by atoms with Crippen LogP contribution in [0.3, 0.4) is 0 Å². The normalized spacial score (nSPS) is 20.9. The number of ether oxygens (including phenoxy) is 2. The minimum absolute atomic E-state index is 0.120. The summed E-state index contributed by atoms with van der Waals surface area (Å²) in [5.41, 5.74) is 0.839. The van der Waals surface area contributed by atoms with Crippen molar-refractivity contribution in [1.82, 2.24) is 4.90 Å². The van der Waals surface area contributed by atoms with E-state index in [2.05, 4.69) is 0 Å². The molecule has 0 aliphatic carbocycles. The van der Waals surface area contributed by atoms with Crippen molar-refractivity contribution in [2.24, 2.45) is 0 Å². The van der Waals surface area contributed by atoms with Gasteiger partial charge in [0.1, 0.15) is 6.04 Å². The van der Waals surface area contributed by atoms with Crippen molar-refractivity contribution in [3.05, 3.63) is 23.8 Å². The Morgan fingerprint density at radius 3 is 2.95 bits per heavy atom. The molecule has 1 saturated heterocycles. The van der Waals surface area contributed by atoms with Gasteiger partial charge in [0.15, 0.2) is 11.5 Å². The van der Waals surface area contributed by atoms with Crippen LogP contribution in [0.15, 0.2) is 18.2 Å². The predicted octanol–water partition coefficient (Wildman–Crippen LogP) is 0.991. The highest BCUT2D eigenvalue weighted by Gasteiger charge is 2.35. The van der Waals surface area contributed by atoms with Crippen molar-refractivity contribution < 1.29 is 24.2 Å². The summed E-state index contributed by atoms with van der Waals surface area (Å²) in [5.74, 6) is 0.235. The number of benzene rings is 1. The third kappa shape index (κ3) is 2.09. The summed E-state index contributed by atoms with van der Waals surface area (Å²) in [6.45, 7) is 0.478. The van der Waals surface area contributed by atoms with Gasteiger partial charge in [-0.3, -0.25) is 4.79 Å². The van der Waals surface area contributed by atoms with Crippen LogP contribution in [0, 0.1) is 0 Å². The topological polar surface area (TPSA) is 76.1 Å². The smallest absolute Gasteiger partial charge is 0.326 e. The molecule has 1 fully saturated rings. The first kappa shape index (κ1) is 11.8. The Hall–Kier alpha value is -2.24. The minimum atomic E-state index is -0.952. The van der Waals surface area contributed by atoms with E-state index in [0.717, 1.165) is 5.56 Å². The Balaban J connectivity index is 1.80. The summed E-state index contributed by atoms with van der Waals surface area (Å²) >= 11 is 0. The second-order valence-electron chi connectivity index (χ2n) is 4.60. The average molecular weight is 263 g/mol. The van der Waals surface area contributed by atoms with Crippen LogP contribution in [0.1, 0.15) is 18.4 Å².